The molecule has 1 aromatic carbocycles. The van der Waals surface area contributed by atoms with Crippen molar-refractivity contribution >= 4 is 17.2 Å². The lowest BCUT2D eigenvalue weighted by Gasteiger charge is -2.33. The van der Waals surface area contributed by atoms with E-state index in [0.29, 0.717) is 38.0 Å². The fraction of sp³-hybridized carbons (Fsp3) is 0.350. The maximum absolute atomic E-state index is 12.4. The molecular weight excluding hydrogens is 376 g/mol. The number of benzene rings is 1. The number of rotatable bonds is 6. The molecule has 7 nitrogen and oxygen atoms in total. The van der Waals surface area contributed by atoms with Gasteiger partial charge in [-0.25, -0.2) is 0 Å². The number of carbonyl (C=O) groups excluding carboxylic acids is 1. The first-order chi connectivity index (χ1) is 13.7. The topological polar surface area (TPSA) is 71.7 Å². The van der Waals surface area contributed by atoms with Crippen molar-refractivity contribution in [1.29, 1.82) is 0 Å². The summed E-state index contributed by atoms with van der Waals surface area (Å²) in [5, 5.41) is 6.02. The van der Waals surface area contributed by atoms with Gasteiger partial charge in [0.05, 0.1) is 18.0 Å². The minimum absolute atomic E-state index is 0.116. The molecule has 0 aliphatic carbocycles. The second-order valence-corrected chi connectivity index (χ2v) is 7.46. The van der Waals surface area contributed by atoms with Gasteiger partial charge in [-0.3, -0.25) is 9.69 Å². The minimum atomic E-state index is 0.116. The third kappa shape index (κ3) is 4.23. The first-order valence-corrected chi connectivity index (χ1v) is 10.2. The molecule has 1 aliphatic rings. The molecule has 28 heavy (non-hydrogen) atoms. The zero-order valence-corrected chi connectivity index (χ0v) is 16.5. The number of amides is 1. The van der Waals surface area contributed by atoms with Gasteiger partial charge < -0.3 is 14.2 Å². The van der Waals surface area contributed by atoms with E-state index in [-0.39, 0.29) is 5.91 Å². The van der Waals surface area contributed by atoms with Gasteiger partial charge in [0.25, 0.3) is 5.91 Å². The molecule has 3 heterocycles. The Kier molecular flexibility index (Phi) is 5.68. The average molecular weight is 398 g/mol. The number of piperazine rings is 1. The predicted molar refractivity (Wildman–Crippen MR) is 106 cm³/mol. The van der Waals surface area contributed by atoms with E-state index in [1.807, 2.05) is 53.6 Å². The van der Waals surface area contributed by atoms with Crippen LogP contribution in [0.5, 0.6) is 5.75 Å². The highest BCUT2D eigenvalue weighted by atomic mass is 32.1. The van der Waals surface area contributed by atoms with Crippen molar-refractivity contribution in [2.75, 3.05) is 32.8 Å². The Hall–Kier alpha value is -2.71. The molecule has 4 rings (SSSR count). The van der Waals surface area contributed by atoms with Crippen molar-refractivity contribution < 1.29 is 14.1 Å². The number of ether oxygens (including phenoxy) is 1. The van der Waals surface area contributed by atoms with Gasteiger partial charge in [0.2, 0.25) is 11.7 Å². The standard InChI is InChI=1S/C20H22N4O3S/c1-2-26-16-7-5-15(6-8-16)19-21-18(27-22-19)14-23-9-11-24(12-10-23)20(25)17-4-3-13-28-17/h3-8,13H,2,9-12,14H2,1H3. The second-order valence-electron chi connectivity index (χ2n) is 6.51. The molecule has 0 unspecified atom stereocenters. The number of hydrogen-bond acceptors (Lipinski definition) is 7. The second kappa shape index (κ2) is 8.53. The zero-order valence-electron chi connectivity index (χ0n) is 15.7. The molecule has 0 saturated carbocycles. The summed E-state index contributed by atoms with van der Waals surface area (Å²) in [7, 11) is 0. The Morgan fingerprint density at radius 1 is 1.18 bits per heavy atom. The lowest BCUT2D eigenvalue weighted by molar-refractivity contribution is 0.0620. The highest BCUT2D eigenvalue weighted by Gasteiger charge is 2.24. The molecule has 1 aliphatic heterocycles. The number of aromatic nitrogens is 2. The van der Waals surface area contributed by atoms with Gasteiger partial charge in [0.1, 0.15) is 5.75 Å². The van der Waals surface area contributed by atoms with E-state index < -0.39 is 0 Å². The molecule has 1 fully saturated rings. The van der Waals surface area contributed by atoms with Crippen molar-refractivity contribution in [3.8, 4) is 17.1 Å². The molecule has 2 aromatic heterocycles. The van der Waals surface area contributed by atoms with Crippen LogP contribution in [0.1, 0.15) is 22.5 Å². The molecule has 0 atom stereocenters. The van der Waals surface area contributed by atoms with Crippen LogP contribution < -0.4 is 4.74 Å². The fourth-order valence-corrected chi connectivity index (χ4v) is 3.85. The Balaban J connectivity index is 1.32. The molecule has 8 heteroatoms. The van der Waals surface area contributed by atoms with Gasteiger partial charge in [0.15, 0.2) is 0 Å². The molecule has 3 aromatic rings. The molecule has 146 valence electrons. The normalized spacial score (nSPS) is 15.0. The van der Waals surface area contributed by atoms with E-state index >= 15 is 0 Å². The first kappa shape index (κ1) is 18.6. The summed E-state index contributed by atoms with van der Waals surface area (Å²) < 4.78 is 10.9. The van der Waals surface area contributed by atoms with Crippen molar-refractivity contribution in [3.63, 3.8) is 0 Å². The number of hydrogen-bond donors (Lipinski definition) is 0. The highest BCUT2D eigenvalue weighted by molar-refractivity contribution is 7.12. The van der Waals surface area contributed by atoms with Crippen molar-refractivity contribution in [1.82, 2.24) is 19.9 Å². The lowest BCUT2D eigenvalue weighted by Crippen LogP contribution is -2.48. The monoisotopic (exact) mass is 398 g/mol. The van der Waals surface area contributed by atoms with Gasteiger partial charge in [0, 0.05) is 31.7 Å². The summed E-state index contributed by atoms with van der Waals surface area (Å²) in [6, 6.07) is 11.4. The van der Waals surface area contributed by atoms with E-state index in [2.05, 4.69) is 15.0 Å². The molecule has 0 bridgehead atoms. The molecule has 0 radical (unpaired) electrons. The fourth-order valence-electron chi connectivity index (χ4n) is 3.16. The zero-order chi connectivity index (χ0) is 19.3. The molecular formula is C20H22N4O3S. The van der Waals surface area contributed by atoms with E-state index in [4.69, 9.17) is 9.26 Å². The van der Waals surface area contributed by atoms with E-state index in [1.165, 1.54) is 11.3 Å². The molecule has 1 amide bonds. The SMILES string of the molecule is CCOc1ccc(-c2noc(CN3CCN(C(=O)c4cccs4)CC3)n2)cc1. The van der Waals surface area contributed by atoms with Gasteiger partial charge >= 0.3 is 0 Å². The van der Waals surface area contributed by atoms with Crippen LogP contribution in [-0.4, -0.2) is 58.6 Å². The first-order valence-electron chi connectivity index (χ1n) is 9.34. The van der Waals surface area contributed by atoms with Crippen molar-refractivity contribution in [3.05, 3.63) is 52.5 Å². The van der Waals surface area contributed by atoms with Crippen LogP contribution in [0.4, 0.5) is 0 Å². The van der Waals surface area contributed by atoms with Crippen LogP contribution in [0, 0.1) is 0 Å². The van der Waals surface area contributed by atoms with Crippen LogP contribution in [0.15, 0.2) is 46.3 Å². The van der Waals surface area contributed by atoms with Crippen LogP contribution in [-0.2, 0) is 6.54 Å². The molecule has 0 N–H and O–H groups in total. The summed E-state index contributed by atoms with van der Waals surface area (Å²) in [6.45, 7) is 6.17. The maximum atomic E-state index is 12.4. The maximum Gasteiger partial charge on any atom is 0.264 e. The summed E-state index contributed by atoms with van der Waals surface area (Å²) >= 11 is 1.49. The Bertz CT molecular complexity index is 900. The van der Waals surface area contributed by atoms with Gasteiger partial charge in [-0.1, -0.05) is 11.2 Å². The Morgan fingerprint density at radius 3 is 2.64 bits per heavy atom. The Morgan fingerprint density at radius 2 is 1.96 bits per heavy atom. The Labute approximate surface area is 167 Å². The number of thiophene rings is 1. The summed E-state index contributed by atoms with van der Waals surface area (Å²) in [5.41, 5.74) is 0.893. The third-order valence-electron chi connectivity index (χ3n) is 4.64. The van der Waals surface area contributed by atoms with Crippen LogP contribution in [0.3, 0.4) is 0 Å². The van der Waals surface area contributed by atoms with Gasteiger partial charge in [-0.15, -0.1) is 11.3 Å². The lowest BCUT2D eigenvalue weighted by atomic mass is 10.2. The average Bonchev–Trinajstić information content (AvgIpc) is 3.41. The highest BCUT2D eigenvalue weighted by Crippen LogP contribution is 2.21. The van der Waals surface area contributed by atoms with E-state index in [0.717, 1.165) is 29.3 Å². The largest absolute Gasteiger partial charge is 0.494 e. The smallest absolute Gasteiger partial charge is 0.264 e. The van der Waals surface area contributed by atoms with E-state index in [1.54, 1.807) is 0 Å². The number of nitrogens with zero attached hydrogens (tertiary/aromatic N) is 4. The van der Waals surface area contributed by atoms with Crippen LogP contribution >= 0.6 is 11.3 Å². The summed E-state index contributed by atoms with van der Waals surface area (Å²) in [6.07, 6.45) is 0. The van der Waals surface area contributed by atoms with Gasteiger partial charge in [-0.2, -0.15) is 4.98 Å². The van der Waals surface area contributed by atoms with Gasteiger partial charge in [-0.05, 0) is 42.6 Å². The summed E-state index contributed by atoms with van der Waals surface area (Å²) in [5.74, 6) is 2.10. The predicted octanol–water partition coefficient (Wildman–Crippen LogP) is 3.15. The molecule has 1 saturated heterocycles. The summed E-state index contributed by atoms with van der Waals surface area (Å²) in [4.78, 5) is 21.9. The quantitative estimate of drug-likeness (QED) is 0.635. The van der Waals surface area contributed by atoms with E-state index in [9.17, 15) is 4.79 Å². The number of carbonyl (C=O) groups is 1. The van der Waals surface area contributed by atoms with Crippen molar-refractivity contribution in [2.24, 2.45) is 0 Å². The van der Waals surface area contributed by atoms with Crippen LogP contribution in [0.25, 0.3) is 11.4 Å². The van der Waals surface area contributed by atoms with Crippen LogP contribution in [0.2, 0.25) is 0 Å². The third-order valence-corrected chi connectivity index (χ3v) is 5.50. The minimum Gasteiger partial charge on any atom is -0.494 e. The molecule has 0 spiro atoms. The van der Waals surface area contributed by atoms with Crippen molar-refractivity contribution in [2.45, 2.75) is 13.5 Å².